The van der Waals surface area contributed by atoms with Crippen LogP contribution in [0.3, 0.4) is 0 Å². The van der Waals surface area contributed by atoms with Crippen LogP contribution in [-0.4, -0.2) is 90.7 Å². The second-order valence-electron chi connectivity index (χ2n) is 15.1. The molecule has 1 fully saturated rings. The zero-order valence-corrected chi connectivity index (χ0v) is 35.4. The molecular weight excluding hydrogens is 862 g/mol. The van der Waals surface area contributed by atoms with Gasteiger partial charge in [-0.05, 0) is 73.4 Å². The molecule has 64 heavy (non-hydrogen) atoms. The molecule has 0 spiro atoms. The van der Waals surface area contributed by atoms with Crippen molar-refractivity contribution < 1.29 is 55.1 Å². The number of sulfone groups is 1. The summed E-state index contributed by atoms with van der Waals surface area (Å²) in [5.74, 6) is -3.91. The van der Waals surface area contributed by atoms with Crippen molar-refractivity contribution in [3.8, 4) is 5.75 Å². The number of nitrogens with zero attached hydrogens (tertiary/aromatic N) is 3. The van der Waals surface area contributed by atoms with Crippen LogP contribution in [0.4, 0.5) is 30.6 Å². The second-order valence-corrected chi connectivity index (χ2v) is 17.1. The van der Waals surface area contributed by atoms with Crippen LogP contribution < -0.4 is 31.3 Å². The summed E-state index contributed by atoms with van der Waals surface area (Å²) in [7, 11) is -3.52. The minimum Gasteiger partial charge on any atom is -0.483 e. The average Bonchev–Trinajstić information content (AvgIpc) is 3.51. The molecule has 3 aromatic carbocycles. The van der Waals surface area contributed by atoms with Gasteiger partial charge in [0, 0.05) is 49.8 Å². The van der Waals surface area contributed by atoms with Crippen LogP contribution in [0, 0.1) is 0 Å². The Morgan fingerprint density at radius 2 is 1.58 bits per heavy atom. The fraction of sp³-hybridized carbons (Fsp3) is 0.349. The maximum Gasteiger partial charge on any atom is 0.421 e. The number of nitrogens with one attached hydrogen (secondary N) is 5. The highest BCUT2D eigenvalue weighted by Gasteiger charge is 2.46. The number of alkyl halides is 3. The molecule has 0 saturated carbocycles. The normalized spacial score (nSPS) is 15.1. The number of benzene rings is 3. The topological polar surface area (TPSA) is 235 Å². The van der Waals surface area contributed by atoms with Crippen LogP contribution in [0.5, 0.6) is 5.75 Å². The number of ether oxygens (including phenoxy) is 1. The molecule has 2 aliphatic rings. The first-order chi connectivity index (χ1) is 30.5. The van der Waals surface area contributed by atoms with E-state index in [1.54, 1.807) is 30.3 Å². The van der Waals surface area contributed by atoms with Crippen LogP contribution in [0.25, 0.3) is 0 Å². The lowest BCUT2D eigenvalue weighted by atomic mass is 10.0. The molecule has 2 aliphatic heterocycles. The zero-order chi connectivity index (χ0) is 46.0. The first-order valence-electron chi connectivity index (χ1n) is 20.4. The number of hydrogen-bond acceptors (Lipinski definition) is 13. The van der Waals surface area contributed by atoms with Crippen LogP contribution >= 0.6 is 0 Å². The van der Waals surface area contributed by atoms with Crippen molar-refractivity contribution >= 4 is 62.7 Å². The van der Waals surface area contributed by atoms with Gasteiger partial charge in [-0.25, -0.2) is 13.4 Å². The highest BCUT2D eigenvalue weighted by Crippen LogP contribution is 2.35. The molecule has 1 aromatic heterocycles. The van der Waals surface area contributed by atoms with E-state index in [1.807, 2.05) is 0 Å². The number of piperidine rings is 1. The van der Waals surface area contributed by atoms with E-state index in [0.717, 1.165) is 49.7 Å². The van der Waals surface area contributed by atoms with E-state index in [9.17, 15) is 50.4 Å². The van der Waals surface area contributed by atoms with Crippen LogP contribution in [0.2, 0.25) is 0 Å². The van der Waals surface area contributed by atoms with Crippen molar-refractivity contribution in [2.45, 2.75) is 75.0 Å². The fourth-order valence-electron chi connectivity index (χ4n) is 6.98. The van der Waals surface area contributed by atoms with Crippen LogP contribution in [-0.2, 0) is 36.9 Å². The Bertz CT molecular complexity index is 2540. The van der Waals surface area contributed by atoms with Gasteiger partial charge in [-0.15, -0.1) is 0 Å². The monoisotopic (exact) mass is 906 g/mol. The van der Waals surface area contributed by atoms with E-state index < -0.39 is 69.6 Å². The van der Waals surface area contributed by atoms with Gasteiger partial charge in [-0.1, -0.05) is 43.9 Å². The van der Waals surface area contributed by atoms with Gasteiger partial charge in [-0.2, -0.15) is 18.2 Å². The predicted molar refractivity (Wildman–Crippen MR) is 225 cm³/mol. The summed E-state index contributed by atoms with van der Waals surface area (Å²) < 4.78 is 70.7. The first-order valence-corrected chi connectivity index (χ1v) is 22.2. The van der Waals surface area contributed by atoms with Gasteiger partial charge in [0.1, 0.15) is 23.2 Å². The molecule has 0 bridgehead atoms. The predicted octanol–water partition coefficient (Wildman–Crippen LogP) is 4.92. The summed E-state index contributed by atoms with van der Waals surface area (Å²) in [6.45, 7) is 0.321. The third-order valence-electron chi connectivity index (χ3n) is 10.3. The quantitative estimate of drug-likeness (QED) is 0.0586. The van der Waals surface area contributed by atoms with Crippen molar-refractivity contribution in [3.05, 3.63) is 101 Å². The molecule has 21 heteroatoms. The second kappa shape index (κ2) is 20.5. The van der Waals surface area contributed by atoms with E-state index in [-0.39, 0.29) is 53.0 Å². The number of carbonyl (C=O) groups is 6. The lowest BCUT2D eigenvalue weighted by molar-refractivity contribution is -0.138. The van der Waals surface area contributed by atoms with Crippen LogP contribution in [0.1, 0.15) is 93.6 Å². The number of imide groups is 2. The van der Waals surface area contributed by atoms with E-state index in [1.165, 1.54) is 36.4 Å². The molecule has 0 radical (unpaired) electrons. The van der Waals surface area contributed by atoms with Gasteiger partial charge >= 0.3 is 6.18 Å². The van der Waals surface area contributed by atoms with Gasteiger partial charge in [-0.3, -0.25) is 39.0 Å². The van der Waals surface area contributed by atoms with Crippen molar-refractivity contribution in [3.63, 3.8) is 0 Å². The smallest absolute Gasteiger partial charge is 0.421 e. The maximum absolute atomic E-state index is 13.8. The third kappa shape index (κ3) is 12.0. The Morgan fingerprint density at radius 1 is 0.891 bits per heavy atom. The first kappa shape index (κ1) is 46.6. The largest absolute Gasteiger partial charge is 0.483 e. The molecule has 6 amide bonds. The van der Waals surface area contributed by atoms with E-state index in [4.69, 9.17) is 4.74 Å². The van der Waals surface area contributed by atoms with Crippen molar-refractivity contribution in [2.24, 2.45) is 0 Å². The molecule has 338 valence electrons. The molecule has 1 unspecified atom stereocenters. The Morgan fingerprint density at radius 3 is 2.27 bits per heavy atom. The van der Waals surface area contributed by atoms with Crippen LogP contribution in [0.15, 0.2) is 77.8 Å². The number of fused-ring (bicyclic) bond motifs is 1. The average molecular weight is 907 g/mol. The number of halogens is 3. The SMILES string of the molecule is CS(=O)(=O)c1cccc(CNc2nc(Nc3ccc(C(=O)NCCCCCCCCNC(=O)COc4cccc5c4C(=O)N(C4CCC(=O)NC4=O)C5=O)cc3)ncc2C(F)(F)F)c1. The van der Waals surface area contributed by atoms with E-state index >= 15 is 0 Å². The zero-order valence-electron chi connectivity index (χ0n) is 34.5. The van der Waals surface area contributed by atoms with Gasteiger partial charge in [0.05, 0.1) is 16.0 Å². The Labute approximate surface area is 365 Å². The van der Waals surface area contributed by atoms with Crippen molar-refractivity contribution in [2.75, 3.05) is 36.6 Å². The molecule has 4 aromatic rings. The Hall–Kier alpha value is -6.90. The number of unbranched alkanes of at least 4 members (excludes halogenated alkanes) is 5. The summed E-state index contributed by atoms with van der Waals surface area (Å²) in [5, 5.41) is 13.2. The van der Waals surface area contributed by atoms with E-state index in [0.29, 0.717) is 36.1 Å². The highest BCUT2D eigenvalue weighted by atomic mass is 32.2. The molecule has 1 saturated heterocycles. The van der Waals surface area contributed by atoms with Crippen molar-refractivity contribution in [1.82, 2.24) is 30.8 Å². The molecule has 6 rings (SSSR count). The summed E-state index contributed by atoms with van der Waals surface area (Å²) >= 11 is 0. The summed E-state index contributed by atoms with van der Waals surface area (Å²) in [6, 6.07) is 15.4. The number of rotatable bonds is 20. The standard InChI is InChI=1S/C43H45F3N8O9S/c1-64(61,62)29-11-8-10-26(22-29)23-49-37-31(43(44,45)46)24-50-42(53-37)51-28-16-14-27(15-17-28)38(57)48-21-7-5-3-2-4-6-20-47-35(56)25-63-33-13-9-12-30-36(33)41(60)54(40(30)59)32-18-19-34(55)52-39(32)58/h8-17,22,24,32H,2-7,18-21,23,25H2,1H3,(H,47,56)(H,48,57)(H,52,55,58)(H2,49,50,51,53). The number of hydrogen-bond donors (Lipinski definition) is 5. The number of amides is 6. The summed E-state index contributed by atoms with van der Waals surface area (Å²) in [6.07, 6.45) is 1.92. The number of anilines is 3. The highest BCUT2D eigenvalue weighted by molar-refractivity contribution is 7.90. The number of aromatic nitrogens is 2. The van der Waals surface area contributed by atoms with Gasteiger partial charge in [0.25, 0.3) is 23.6 Å². The minimum atomic E-state index is -4.76. The van der Waals surface area contributed by atoms with Gasteiger partial charge in [0.2, 0.25) is 17.8 Å². The maximum atomic E-state index is 13.8. The lowest BCUT2D eigenvalue weighted by Crippen LogP contribution is -2.54. The van der Waals surface area contributed by atoms with Gasteiger partial charge < -0.3 is 26.0 Å². The lowest BCUT2D eigenvalue weighted by Gasteiger charge is -2.27. The summed E-state index contributed by atoms with van der Waals surface area (Å²) in [4.78, 5) is 83.9. The molecule has 5 N–H and O–H groups in total. The minimum absolute atomic E-state index is 0.00640. The molecule has 17 nitrogen and oxygen atoms in total. The van der Waals surface area contributed by atoms with Crippen molar-refractivity contribution in [1.29, 1.82) is 0 Å². The fourth-order valence-corrected chi connectivity index (χ4v) is 7.67. The summed E-state index contributed by atoms with van der Waals surface area (Å²) in [5.41, 5.74) is 0.136. The molecule has 3 heterocycles. The third-order valence-corrected chi connectivity index (χ3v) is 11.4. The Balaban J connectivity index is 0.852. The molecular formula is C43H45F3N8O9S. The molecule has 0 aliphatic carbocycles. The van der Waals surface area contributed by atoms with Gasteiger partial charge in [0.15, 0.2) is 16.4 Å². The Kier molecular flexibility index (Phi) is 14.9. The van der Waals surface area contributed by atoms with E-state index in [2.05, 4.69) is 36.6 Å². The number of carbonyl (C=O) groups excluding carboxylic acids is 6. The molecule has 1 atom stereocenters.